The van der Waals surface area contributed by atoms with Crippen LogP contribution in [0.5, 0.6) is 5.75 Å². The van der Waals surface area contributed by atoms with Crippen molar-refractivity contribution in [3.8, 4) is 5.75 Å². The van der Waals surface area contributed by atoms with Gasteiger partial charge in [-0.3, -0.25) is 4.79 Å². The molecule has 0 unspecified atom stereocenters. The summed E-state index contributed by atoms with van der Waals surface area (Å²) >= 11 is 0. The van der Waals surface area contributed by atoms with E-state index in [2.05, 4.69) is 16.0 Å². The Morgan fingerprint density at radius 1 is 1.09 bits per heavy atom. The molecule has 1 amide bonds. The van der Waals surface area contributed by atoms with Crippen molar-refractivity contribution in [2.24, 2.45) is 11.8 Å². The number of carboxylic acids is 1. The van der Waals surface area contributed by atoms with Crippen molar-refractivity contribution in [3.63, 3.8) is 0 Å². The van der Waals surface area contributed by atoms with Gasteiger partial charge < -0.3 is 30.7 Å². The molecule has 1 aromatic carbocycles. The Labute approximate surface area is 189 Å². The maximum Gasteiger partial charge on any atom is 0.547 e. The maximum atomic E-state index is 12.6. The van der Waals surface area contributed by atoms with Gasteiger partial charge in [0, 0.05) is 12.5 Å². The van der Waals surface area contributed by atoms with Gasteiger partial charge in [-0.25, -0.2) is 4.79 Å². The van der Waals surface area contributed by atoms with E-state index in [1.165, 1.54) is 18.9 Å². The fourth-order valence-electron chi connectivity index (χ4n) is 5.23. The van der Waals surface area contributed by atoms with Crippen LogP contribution in [0.2, 0.25) is 0 Å². The first-order valence-electron chi connectivity index (χ1n) is 11.9. The largest absolute Gasteiger partial charge is 0.547 e. The first-order valence-corrected chi connectivity index (χ1v) is 11.9. The molecule has 2 fully saturated rings. The maximum absolute atomic E-state index is 12.6. The molecule has 1 saturated heterocycles. The van der Waals surface area contributed by atoms with E-state index in [0.29, 0.717) is 30.4 Å². The molecule has 32 heavy (non-hydrogen) atoms. The highest BCUT2D eigenvalue weighted by atomic mass is 16.5. The molecule has 1 aromatic rings. The third-order valence-corrected chi connectivity index (χ3v) is 7.17. The Balaban J connectivity index is 1.21. The summed E-state index contributed by atoms with van der Waals surface area (Å²) in [6.45, 7) is 3.35. The number of carbonyl (C=O) groups excluding carboxylic acids is 1. The molecule has 1 aliphatic carbocycles. The van der Waals surface area contributed by atoms with Gasteiger partial charge in [-0.05, 0) is 88.0 Å². The van der Waals surface area contributed by atoms with Gasteiger partial charge in [0.1, 0.15) is 5.75 Å². The van der Waals surface area contributed by atoms with Gasteiger partial charge in [0.15, 0.2) is 0 Å². The third-order valence-electron chi connectivity index (χ3n) is 7.17. The van der Waals surface area contributed by atoms with Crippen LogP contribution < -0.4 is 20.6 Å². The predicted molar refractivity (Wildman–Crippen MR) is 122 cm³/mol. The molecular formula is C23H34BN3O5. The summed E-state index contributed by atoms with van der Waals surface area (Å²) in [7, 11) is -1.26. The van der Waals surface area contributed by atoms with Crippen molar-refractivity contribution >= 4 is 19.0 Å². The first-order chi connectivity index (χ1) is 15.5. The van der Waals surface area contributed by atoms with Crippen LogP contribution in [0.25, 0.3) is 0 Å². The van der Waals surface area contributed by atoms with E-state index in [4.69, 9.17) is 4.65 Å². The molecule has 3 aliphatic rings. The van der Waals surface area contributed by atoms with Crippen molar-refractivity contribution in [1.82, 2.24) is 16.0 Å². The lowest BCUT2D eigenvalue weighted by Gasteiger charge is -2.32. The number of hydrogen-bond acceptors (Lipinski definition) is 6. The van der Waals surface area contributed by atoms with Gasteiger partial charge in [-0.15, -0.1) is 0 Å². The lowest BCUT2D eigenvalue weighted by atomic mass is 9.72. The summed E-state index contributed by atoms with van der Waals surface area (Å²) in [5.74, 6) is -0.436. The fourth-order valence-corrected chi connectivity index (χ4v) is 5.23. The molecular weight excluding hydrogens is 409 g/mol. The second kappa shape index (κ2) is 10.7. The quantitative estimate of drug-likeness (QED) is 0.404. The molecule has 0 bridgehead atoms. The second-order valence-electron chi connectivity index (χ2n) is 9.51. The number of carbonyl (C=O) groups is 2. The predicted octanol–water partition coefficient (Wildman–Crippen LogP) is 1.36. The average molecular weight is 443 g/mol. The molecule has 0 aromatic heterocycles. The molecule has 5 N–H and O–H groups in total. The van der Waals surface area contributed by atoms with E-state index >= 15 is 0 Å². The van der Waals surface area contributed by atoms with Crippen molar-refractivity contribution < 1.29 is 24.4 Å². The van der Waals surface area contributed by atoms with Crippen LogP contribution in [0.1, 0.15) is 60.9 Å². The molecule has 174 valence electrons. The van der Waals surface area contributed by atoms with E-state index < -0.39 is 19.0 Å². The number of hydrogen-bond donors (Lipinski definition) is 5. The molecule has 0 radical (unpaired) electrons. The van der Waals surface area contributed by atoms with Crippen molar-refractivity contribution in [1.29, 1.82) is 0 Å². The number of nitrogens with one attached hydrogen (secondary N) is 3. The van der Waals surface area contributed by atoms with Crippen LogP contribution >= 0.6 is 0 Å². The van der Waals surface area contributed by atoms with Crippen molar-refractivity contribution in [2.45, 2.75) is 63.3 Å². The number of piperidine rings is 1. The molecule has 2 heterocycles. The van der Waals surface area contributed by atoms with Gasteiger partial charge in [0.05, 0.1) is 11.5 Å². The lowest BCUT2D eigenvalue weighted by molar-refractivity contribution is -0.122. The summed E-state index contributed by atoms with van der Waals surface area (Å²) in [4.78, 5) is 24.0. The highest BCUT2D eigenvalue weighted by molar-refractivity contribution is 6.47. The summed E-state index contributed by atoms with van der Waals surface area (Å²) in [6.07, 6.45) is 7.57. The van der Waals surface area contributed by atoms with E-state index in [9.17, 15) is 19.7 Å². The summed E-state index contributed by atoms with van der Waals surface area (Å²) in [5, 5.41) is 29.7. The lowest BCUT2D eigenvalue weighted by Crippen LogP contribution is -2.53. The molecule has 1 saturated carbocycles. The van der Waals surface area contributed by atoms with Gasteiger partial charge in [-0.1, -0.05) is 12.1 Å². The molecule has 9 heteroatoms. The smallest absolute Gasteiger partial charge is 0.534 e. The normalized spacial score (nSPS) is 26.2. The highest BCUT2D eigenvalue weighted by Gasteiger charge is 2.38. The minimum Gasteiger partial charge on any atom is -0.534 e. The van der Waals surface area contributed by atoms with Gasteiger partial charge >= 0.3 is 13.1 Å². The molecule has 0 spiro atoms. The number of amides is 1. The monoisotopic (exact) mass is 443 g/mol. The first kappa shape index (κ1) is 23.1. The fraction of sp³-hybridized carbons (Fsp3) is 0.652. The van der Waals surface area contributed by atoms with Crippen molar-refractivity contribution in [2.75, 3.05) is 19.6 Å². The van der Waals surface area contributed by atoms with Gasteiger partial charge in [-0.2, -0.15) is 0 Å². The van der Waals surface area contributed by atoms with Crippen LogP contribution in [-0.2, 0) is 11.2 Å². The number of benzene rings is 1. The van der Waals surface area contributed by atoms with E-state index in [1.54, 1.807) is 12.1 Å². The van der Waals surface area contributed by atoms with Crippen LogP contribution in [-0.4, -0.2) is 60.7 Å². The Bertz CT molecular complexity index is 809. The highest BCUT2D eigenvalue weighted by Crippen LogP contribution is 2.31. The minimum absolute atomic E-state index is 0.0249. The van der Waals surface area contributed by atoms with Crippen LogP contribution in [0.4, 0.5) is 0 Å². The Morgan fingerprint density at radius 3 is 2.56 bits per heavy atom. The zero-order valence-corrected chi connectivity index (χ0v) is 18.5. The third kappa shape index (κ3) is 5.82. The molecule has 1 atom stereocenters. The Hall–Kier alpha value is -2.10. The van der Waals surface area contributed by atoms with Crippen LogP contribution in [0.15, 0.2) is 18.2 Å². The summed E-state index contributed by atoms with van der Waals surface area (Å²) < 4.78 is 5.47. The van der Waals surface area contributed by atoms with Crippen LogP contribution in [0.3, 0.4) is 0 Å². The second-order valence-corrected chi connectivity index (χ2v) is 9.51. The number of para-hydroxylation sites is 1. The van der Waals surface area contributed by atoms with Crippen LogP contribution in [0, 0.1) is 11.8 Å². The number of aromatic carboxylic acids is 1. The average Bonchev–Trinajstić information content (AvgIpc) is 2.79. The van der Waals surface area contributed by atoms with Crippen molar-refractivity contribution in [3.05, 3.63) is 29.3 Å². The summed E-state index contributed by atoms with van der Waals surface area (Å²) in [6, 6.07) is 5.42. The van der Waals surface area contributed by atoms with E-state index in [1.807, 2.05) is 0 Å². The molecule has 2 aliphatic heterocycles. The zero-order chi connectivity index (χ0) is 22.5. The number of carboxylic acid groups (broad SMARTS) is 1. The molecule has 8 nitrogen and oxygen atoms in total. The summed E-state index contributed by atoms with van der Waals surface area (Å²) in [5.41, 5.74) is 0.706. The molecule has 4 rings (SSSR count). The van der Waals surface area contributed by atoms with E-state index in [-0.39, 0.29) is 17.2 Å². The van der Waals surface area contributed by atoms with E-state index in [0.717, 1.165) is 51.2 Å². The SMILES string of the molecule is O=C(C[C@H]1CC[C@H](NCC2CCNCC2)CC1)N[C@H]1Cc2cccc(C(=O)O)c2OB1O. The Morgan fingerprint density at radius 2 is 1.84 bits per heavy atom. The standard InChI is InChI=1S/C23H34BN3O5/c28-21(12-15-4-6-18(7-5-15)26-14-16-8-10-25-11-9-16)27-20-13-17-2-1-3-19(23(29)30)22(17)32-24(20)31/h1-3,15-16,18,20,25-26,31H,4-14H2,(H,27,28)(H,29,30)/t15-,18-,20-/m0/s1. The topological polar surface area (TPSA) is 120 Å². The number of fused-ring (bicyclic) bond motifs is 1. The minimum atomic E-state index is -1.26. The van der Waals surface area contributed by atoms with Gasteiger partial charge in [0.25, 0.3) is 0 Å². The zero-order valence-electron chi connectivity index (χ0n) is 18.5. The van der Waals surface area contributed by atoms with Gasteiger partial charge in [0.2, 0.25) is 5.91 Å². The number of rotatable bonds is 7. The Kier molecular flexibility index (Phi) is 7.70.